The molecule has 0 atom stereocenters. The highest BCUT2D eigenvalue weighted by Crippen LogP contribution is 2.33. The maximum Gasteiger partial charge on any atom is 0.248 e. The fourth-order valence-electron chi connectivity index (χ4n) is 3.13. The van der Waals surface area contributed by atoms with Crippen molar-refractivity contribution in [2.75, 3.05) is 6.54 Å². The third-order valence-electron chi connectivity index (χ3n) is 4.13. The lowest BCUT2D eigenvalue weighted by atomic mass is 9.96. The predicted octanol–water partition coefficient (Wildman–Crippen LogP) is 1.61. The summed E-state index contributed by atoms with van der Waals surface area (Å²) in [5.74, 6) is 0.0757. The Balaban J connectivity index is 1.82. The zero-order chi connectivity index (χ0) is 14.2. The molecule has 0 bridgehead atoms. The lowest BCUT2D eigenvalue weighted by Crippen LogP contribution is -2.55. The van der Waals surface area contributed by atoms with Crippen molar-refractivity contribution in [3.63, 3.8) is 0 Å². The van der Waals surface area contributed by atoms with Crippen LogP contribution in [-0.4, -0.2) is 33.8 Å². The summed E-state index contributed by atoms with van der Waals surface area (Å²) in [5, 5.41) is 5.91. The third-order valence-corrected chi connectivity index (χ3v) is 5.09. The Morgan fingerprint density at radius 3 is 2.80 bits per heavy atom. The van der Waals surface area contributed by atoms with Crippen LogP contribution in [-0.2, 0) is 16.1 Å². The zero-order valence-corrected chi connectivity index (χ0v) is 12.5. The smallest absolute Gasteiger partial charge is 0.248 e. The molecule has 108 valence electrons. The van der Waals surface area contributed by atoms with Gasteiger partial charge in [-0.15, -0.1) is 11.3 Å². The van der Waals surface area contributed by atoms with Gasteiger partial charge in [0, 0.05) is 24.0 Å². The van der Waals surface area contributed by atoms with Gasteiger partial charge in [-0.25, -0.2) is 4.98 Å². The number of rotatable bonds is 2. The third kappa shape index (κ3) is 2.44. The van der Waals surface area contributed by atoms with E-state index in [1.54, 1.807) is 11.3 Å². The van der Waals surface area contributed by atoms with Crippen molar-refractivity contribution in [2.45, 2.75) is 51.1 Å². The number of hydrogen-bond acceptors (Lipinski definition) is 4. The summed E-state index contributed by atoms with van der Waals surface area (Å²) >= 11 is 1.57. The Morgan fingerprint density at radius 2 is 2.15 bits per heavy atom. The second kappa shape index (κ2) is 5.16. The van der Waals surface area contributed by atoms with E-state index >= 15 is 0 Å². The van der Waals surface area contributed by atoms with Gasteiger partial charge in [-0.2, -0.15) is 0 Å². The molecule has 2 heterocycles. The van der Waals surface area contributed by atoms with Gasteiger partial charge in [0.05, 0.1) is 6.54 Å². The van der Waals surface area contributed by atoms with Gasteiger partial charge < -0.3 is 10.2 Å². The molecule has 2 fully saturated rings. The van der Waals surface area contributed by atoms with Crippen molar-refractivity contribution in [3.8, 4) is 0 Å². The monoisotopic (exact) mass is 293 g/mol. The Kier molecular flexibility index (Phi) is 3.50. The molecule has 1 saturated carbocycles. The molecular formula is C14H19N3O2S. The van der Waals surface area contributed by atoms with Crippen LogP contribution in [0.25, 0.3) is 0 Å². The first-order valence-electron chi connectivity index (χ1n) is 7.10. The Hall–Kier alpha value is -1.43. The zero-order valence-electron chi connectivity index (χ0n) is 11.6. The van der Waals surface area contributed by atoms with Gasteiger partial charge in [0.2, 0.25) is 11.8 Å². The molecule has 1 saturated heterocycles. The van der Waals surface area contributed by atoms with E-state index in [1.807, 2.05) is 17.2 Å². The average molecular weight is 293 g/mol. The molecule has 6 heteroatoms. The standard InChI is InChI=1S/C14H19N3O2S/c1-10-9-20-12(15-10)8-17-7-4-11(18)16-14(13(17)19)5-2-3-6-14/h9H,2-8H2,1H3,(H,16,18). The topological polar surface area (TPSA) is 62.3 Å². The Labute approximate surface area is 122 Å². The number of hydrogen-bond donors (Lipinski definition) is 1. The molecule has 2 amide bonds. The minimum absolute atomic E-state index is 0.00179. The Bertz CT molecular complexity index is 534. The summed E-state index contributed by atoms with van der Waals surface area (Å²) in [5.41, 5.74) is 0.344. The molecule has 1 aliphatic carbocycles. The summed E-state index contributed by atoms with van der Waals surface area (Å²) in [7, 11) is 0. The summed E-state index contributed by atoms with van der Waals surface area (Å²) in [4.78, 5) is 30.9. The lowest BCUT2D eigenvalue weighted by Gasteiger charge is -2.31. The van der Waals surface area contributed by atoms with Crippen LogP contribution in [0.1, 0.15) is 42.8 Å². The summed E-state index contributed by atoms with van der Waals surface area (Å²) in [6.07, 6.45) is 3.94. The molecule has 5 nitrogen and oxygen atoms in total. The van der Waals surface area contributed by atoms with Crippen molar-refractivity contribution < 1.29 is 9.59 Å². The van der Waals surface area contributed by atoms with Crippen molar-refractivity contribution in [2.24, 2.45) is 0 Å². The van der Waals surface area contributed by atoms with E-state index < -0.39 is 5.54 Å². The molecule has 2 aliphatic rings. The van der Waals surface area contributed by atoms with Gasteiger partial charge in [0.15, 0.2) is 0 Å². The fraction of sp³-hybridized carbons (Fsp3) is 0.643. The molecule has 1 aliphatic heterocycles. The van der Waals surface area contributed by atoms with Crippen LogP contribution < -0.4 is 5.32 Å². The molecule has 20 heavy (non-hydrogen) atoms. The summed E-state index contributed by atoms with van der Waals surface area (Å²) in [6, 6.07) is 0. The first-order chi connectivity index (χ1) is 9.59. The van der Waals surface area contributed by atoms with Gasteiger partial charge in [-0.05, 0) is 19.8 Å². The number of nitrogens with zero attached hydrogens (tertiary/aromatic N) is 2. The fourth-order valence-corrected chi connectivity index (χ4v) is 3.92. The van der Waals surface area contributed by atoms with E-state index in [1.165, 1.54) is 0 Å². The largest absolute Gasteiger partial charge is 0.342 e. The van der Waals surface area contributed by atoms with Gasteiger partial charge >= 0.3 is 0 Å². The maximum absolute atomic E-state index is 12.8. The maximum atomic E-state index is 12.8. The van der Waals surface area contributed by atoms with Crippen LogP contribution in [0.3, 0.4) is 0 Å². The van der Waals surface area contributed by atoms with E-state index in [0.717, 1.165) is 36.4 Å². The number of nitrogens with one attached hydrogen (secondary N) is 1. The minimum Gasteiger partial charge on any atom is -0.342 e. The van der Waals surface area contributed by atoms with Crippen LogP contribution in [0.15, 0.2) is 5.38 Å². The molecule has 1 spiro atoms. The van der Waals surface area contributed by atoms with E-state index in [-0.39, 0.29) is 11.8 Å². The normalized spacial score (nSPS) is 22.1. The highest BCUT2D eigenvalue weighted by atomic mass is 32.1. The SMILES string of the molecule is Cc1csc(CN2CCC(=O)NC3(CCCC3)C2=O)n1. The van der Waals surface area contributed by atoms with Crippen LogP contribution in [0.2, 0.25) is 0 Å². The van der Waals surface area contributed by atoms with Gasteiger partial charge in [-0.3, -0.25) is 9.59 Å². The van der Waals surface area contributed by atoms with E-state index in [4.69, 9.17) is 0 Å². The quantitative estimate of drug-likeness (QED) is 0.901. The van der Waals surface area contributed by atoms with Crippen LogP contribution >= 0.6 is 11.3 Å². The highest BCUT2D eigenvalue weighted by molar-refractivity contribution is 7.09. The van der Waals surface area contributed by atoms with Crippen LogP contribution in [0, 0.1) is 6.92 Å². The molecular weight excluding hydrogens is 274 g/mol. The number of aromatic nitrogens is 1. The van der Waals surface area contributed by atoms with E-state index in [0.29, 0.717) is 19.5 Å². The summed E-state index contributed by atoms with van der Waals surface area (Å²) in [6.45, 7) is 2.97. The average Bonchev–Trinajstić information content (AvgIpc) is 3.01. The lowest BCUT2D eigenvalue weighted by molar-refractivity contribution is -0.139. The molecule has 0 unspecified atom stereocenters. The number of thiazole rings is 1. The molecule has 1 N–H and O–H groups in total. The highest BCUT2D eigenvalue weighted by Gasteiger charge is 2.46. The second-order valence-corrected chi connectivity index (χ2v) is 6.64. The van der Waals surface area contributed by atoms with Crippen molar-refractivity contribution >= 4 is 23.2 Å². The summed E-state index contributed by atoms with van der Waals surface area (Å²) < 4.78 is 0. The Morgan fingerprint density at radius 1 is 1.40 bits per heavy atom. The minimum atomic E-state index is -0.639. The molecule has 1 aromatic rings. The van der Waals surface area contributed by atoms with Crippen molar-refractivity contribution in [3.05, 3.63) is 16.1 Å². The van der Waals surface area contributed by atoms with Gasteiger partial charge in [-0.1, -0.05) is 12.8 Å². The van der Waals surface area contributed by atoms with Crippen LogP contribution in [0.5, 0.6) is 0 Å². The van der Waals surface area contributed by atoms with E-state index in [9.17, 15) is 9.59 Å². The molecule has 3 rings (SSSR count). The van der Waals surface area contributed by atoms with Gasteiger partial charge in [0.25, 0.3) is 0 Å². The first kappa shape index (κ1) is 13.5. The predicted molar refractivity (Wildman–Crippen MR) is 76.2 cm³/mol. The first-order valence-corrected chi connectivity index (χ1v) is 7.98. The second-order valence-electron chi connectivity index (χ2n) is 5.70. The molecule has 1 aromatic heterocycles. The number of amides is 2. The van der Waals surface area contributed by atoms with Gasteiger partial charge in [0.1, 0.15) is 10.5 Å². The number of carbonyl (C=O) groups is 2. The van der Waals surface area contributed by atoms with E-state index in [2.05, 4.69) is 10.3 Å². The molecule has 0 radical (unpaired) electrons. The van der Waals surface area contributed by atoms with Crippen molar-refractivity contribution in [1.82, 2.24) is 15.2 Å². The number of aryl methyl sites for hydroxylation is 1. The van der Waals surface area contributed by atoms with Crippen molar-refractivity contribution in [1.29, 1.82) is 0 Å². The van der Waals surface area contributed by atoms with Crippen LogP contribution in [0.4, 0.5) is 0 Å². The number of carbonyl (C=O) groups excluding carboxylic acids is 2. The molecule has 0 aromatic carbocycles.